The number of halogens is 3. The molecule has 18 heteroatoms. The van der Waals surface area contributed by atoms with Crippen LogP contribution in [0, 0.1) is 11.3 Å². The van der Waals surface area contributed by atoms with Crippen LogP contribution in [0.5, 0.6) is 17.2 Å². The van der Waals surface area contributed by atoms with Gasteiger partial charge in [0.25, 0.3) is 0 Å². The van der Waals surface area contributed by atoms with Gasteiger partial charge in [-0.05, 0) is 61.8 Å². The molecule has 2 aromatic carbocycles. The minimum Gasteiger partial charge on any atom is -0.497 e. The molecule has 5 rings (SSSR count). The minimum atomic E-state index is -4.89. The number of fused-ring (bicyclic) bond motifs is 1. The molecular formula is C37H49BF3N5O9. The van der Waals surface area contributed by atoms with E-state index < -0.39 is 54.6 Å². The Morgan fingerprint density at radius 1 is 1.05 bits per heavy atom. The Labute approximate surface area is 318 Å². The molecule has 0 spiro atoms. The van der Waals surface area contributed by atoms with Crippen molar-refractivity contribution in [3.05, 3.63) is 58.4 Å². The molecule has 14 nitrogen and oxygen atoms in total. The van der Waals surface area contributed by atoms with Crippen molar-refractivity contribution in [1.82, 2.24) is 14.8 Å². The molecule has 3 aliphatic rings. The number of benzene rings is 2. The number of likely N-dealkylation sites (tertiary alicyclic amines) is 1. The molecule has 3 atom stereocenters. The van der Waals surface area contributed by atoms with E-state index in [1.165, 1.54) is 26.4 Å². The van der Waals surface area contributed by atoms with E-state index in [4.69, 9.17) is 30.5 Å². The lowest BCUT2D eigenvalue weighted by Gasteiger charge is -2.45. The summed E-state index contributed by atoms with van der Waals surface area (Å²) < 4.78 is 64.0. The van der Waals surface area contributed by atoms with Crippen molar-refractivity contribution in [3.8, 4) is 17.2 Å². The monoisotopic (exact) mass is 775 g/mol. The summed E-state index contributed by atoms with van der Waals surface area (Å²) in [5.74, 6) is 4.63. The highest BCUT2D eigenvalue weighted by molar-refractivity contribution is 6.59. The van der Waals surface area contributed by atoms with Crippen molar-refractivity contribution in [2.24, 2.45) is 22.9 Å². The molecule has 2 fully saturated rings. The highest BCUT2D eigenvalue weighted by Gasteiger charge is 2.51. The number of allylic oxidation sites excluding steroid dienone is 1. The summed E-state index contributed by atoms with van der Waals surface area (Å²) in [7, 11) is 2.08. The third-order valence-corrected chi connectivity index (χ3v) is 10.9. The number of rotatable bonds is 13. The van der Waals surface area contributed by atoms with Gasteiger partial charge >= 0.3 is 19.3 Å². The molecule has 2 heterocycles. The summed E-state index contributed by atoms with van der Waals surface area (Å²) in [4.78, 5) is 45.1. The molecule has 0 radical (unpaired) electrons. The fourth-order valence-corrected chi connectivity index (χ4v) is 8.06. The number of alkyl halides is 3. The predicted molar refractivity (Wildman–Crippen MR) is 194 cm³/mol. The zero-order valence-corrected chi connectivity index (χ0v) is 31.5. The highest BCUT2D eigenvalue weighted by Crippen LogP contribution is 2.46. The van der Waals surface area contributed by atoms with Crippen LogP contribution in [0.25, 0.3) is 0 Å². The molecule has 300 valence electrons. The largest absolute Gasteiger partial charge is 0.497 e. The van der Waals surface area contributed by atoms with Gasteiger partial charge in [-0.25, -0.2) is 5.84 Å². The maximum absolute atomic E-state index is 14.9. The lowest BCUT2D eigenvalue weighted by atomic mass is 9.66. The quantitative estimate of drug-likeness (QED) is 0.101. The number of hydrazine groups is 1. The van der Waals surface area contributed by atoms with Crippen LogP contribution in [0.4, 0.5) is 13.2 Å². The van der Waals surface area contributed by atoms with Crippen LogP contribution in [-0.2, 0) is 32.1 Å². The molecular weight excluding hydrogens is 726 g/mol. The zero-order valence-electron chi connectivity index (χ0n) is 31.5. The third kappa shape index (κ3) is 8.76. The van der Waals surface area contributed by atoms with Crippen molar-refractivity contribution in [2.45, 2.75) is 70.7 Å². The van der Waals surface area contributed by atoms with Gasteiger partial charge in [0.2, 0.25) is 11.8 Å². The Balaban J connectivity index is 1.51. The van der Waals surface area contributed by atoms with E-state index in [0.717, 1.165) is 7.05 Å². The molecule has 2 amide bonds. The van der Waals surface area contributed by atoms with Gasteiger partial charge in [-0.3, -0.25) is 14.4 Å². The van der Waals surface area contributed by atoms with Crippen molar-refractivity contribution < 1.29 is 56.6 Å². The van der Waals surface area contributed by atoms with Crippen LogP contribution >= 0.6 is 0 Å². The van der Waals surface area contributed by atoms with Crippen LogP contribution in [0.2, 0.25) is 0 Å². The second-order valence-corrected chi connectivity index (χ2v) is 14.4. The van der Waals surface area contributed by atoms with E-state index in [0.29, 0.717) is 78.3 Å². The van der Waals surface area contributed by atoms with Crippen LogP contribution in [0.3, 0.4) is 0 Å². The van der Waals surface area contributed by atoms with Crippen molar-refractivity contribution >= 4 is 30.4 Å². The summed E-state index contributed by atoms with van der Waals surface area (Å²) in [6, 6.07) is 6.96. The van der Waals surface area contributed by atoms with Crippen molar-refractivity contribution in [1.29, 1.82) is 0 Å². The van der Waals surface area contributed by atoms with Gasteiger partial charge in [0.05, 0.1) is 37.3 Å². The first kappa shape index (κ1) is 41.5. The van der Waals surface area contributed by atoms with E-state index in [2.05, 4.69) is 0 Å². The first-order valence-electron chi connectivity index (χ1n) is 18.2. The third-order valence-electron chi connectivity index (χ3n) is 10.9. The summed E-state index contributed by atoms with van der Waals surface area (Å²) in [6.45, 7) is 1.34. The van der Waals surface area contributed by atoms with Crippen LogP contribution < -0.4 is 31.2 Å². The standard InChI is InChI=1S/C37H49BF3N5O9/c1-36(35(49)55-20-22-10-11-23(52-3)18-30(22)53-4)15-6-5-8-25(36)34(48)46-17-14-24-26(38(50)51)12-13-29(32(24)28(46)19-45-16-7-9-31(45)47)54-21-27(42)33(44(2)43)37(39,40)41/h10-13,18,25,28,50-51H,5-9,14-17,19-21,42-43H2,1-4H3/b33-27-/t25-,28+,36-/m0/s1. The normalized spacial score (nSPS) is 21.7. The number of hydrogen-bond donors (Lipinski definition) is 4. The number of hydrogen-bond acceptors (Lipinski definition) is 12. The average Bonchev–Trinajstić information content (AvgIpc) is 3.55. The fraction of sp³-hybridized carbons (Fsp3) is 0.541. The van der Waals surface area contributed by atoms with Crippen LogP contribution in [0.1, 0.15) is 68.2 Å². The Kier molecular flexibility index (Phi) is 12.8. The molecule has 1 saturated carbocycles. The first-order valence-corrected chi connectivity index (χ1v) is 18.2. The van der Waals surface area contributed by atoms with Gasteiger partial charge in [0.1, 0.15) is 30.5 Å². The number of nitrogens with zero attached hydrogens (tertiary/aromatic N) is 3. The van der Waals surface area contributed by atoms with E-state index in [1.54, 1.807) is 34.9 Å². The smallest absolute Gasteiger partial charge is 0.488 e. The van der Waals surface area contributed by atoms with Crippen LogP contribution in [-0.4, -0.2) is 103 Å². The Morgan fingerprint density at radius 3 is 2.42 bits per heavy atom. The lowest BCUT2D eigenvalue weighted by molar-refractivity contribution is -0.169. The number of methoxy groups -OCH3 is 2. The number of amides is 2. The van der Waals surface area contributed by atoms with Gasteiger partial charge in [0, 0.05) is 50.3 Å². The van der Waals surface area contributed by atoms with Gasteiger partial charge in [-0.2, -0.15) is 13.2 Å². The second-order valence-electron chi connectivity index (χ2n) is 14.4. The van der Waals surface area contributed by atoms with E-state index in [-0.39, 0.29) is 49.1 Å². The molecule has 0 aromatic heterocycles. The Hall–Kier alpha value is -4.68. The maximum atomic E-state index is 14.9. The topological polar surface area (TPSA) is 190 Å². The lowest BCUT2D eigenvalue weighted by Crippen LogP contribution is -2.54. The number of carbonyl (C=O) groups is 3. The molecule has 55 heavy (non-hydrogen) atoms. The molecule has 2 aromatic rings. The summed E-state index contributed by atoms with van der Waals surface area (Å²) >= 11 is 0. The van der Waals surface area contributed by atoms with Gasteiger partial charge in [-0.15, -0.1) is 0 Å². The second kappa shape index (κ2) is 17.0. The predicted octanol–water partition coefficient (Wildman–Crippen LogP) is 2.29. The molecule has 1 aliphatic carbocycles. The SMILES string of the molecule is COc1ccc(COC(=O)[C@@]2(C)CCCC[C@H]2C(=O)N2CCc3c(B(O)O)ccc(OC/C(N)=C(/N(C)N)C(F)(F)F)c3[C@H]2CN2CCCC2=O)c(OC)c1. The van der Waals surface area contributed by atoms with Gasteiger partial charge in [0.15, 0.2) is 5.70 Å². The minimum absolute atomic E-state index is 0.00524. The molecule has 0 unspecified atom stereocenters. The fourth-order valence-electron chi connectivity index (χ4n) is 8.06. The number of nitrogens with two attached hydrogens (primary N) is 2. The number of esters is 1. The van der Waals surface area contributed by atoms with Crippen molar-refractivity contribution in [3.63, 3.8) is 0 Å². The van der Waals surface area contributed by atoms with Gasteiger partial charge < -0.3 is 49.5 Å². The first-order chi connectivity index (χ1) is 26.0. The molecule has 1 saturated heterocycles. The van der Waals surface area contributed by atoms with Crippen LogP contribution in [0.15, 0.2) is 41.7 Å². The Morgan fingerprint density at radius 2 is 1.80 bits per heavy atom. The zero-order chi connectivity index (χ0) is 40.2. The molecule has 6 N–H and O–H groups in total. The summed E-state index contributed by atoms with van der Waals surface area (Å²) in [5, 5.41) is 21.1. The maximum Gasteiger partial charge on any atom is 0.488 e. The average molecular weight is 776 g/mol. The highest BCUT2D eigenvalue weighted by atomic mass is 19.4. The number of carbonyl (C=O) groups excluding carboxylic acids is 3. The van der Waals surface area contributed by atoms with Crippen molar-refractivity contribution in [2.75, 3.05) is 47.5 Å². The summed E-state index contributed by atoms with van der Waals surface area (Å²) in [5.41, 5.74) is 4.07. The number of ether oxygens (including phenoxy) is 4. The van der Waals surface area contributed by atoms with E-state index in [1.807, 2.05) is 0 Å². The summed E-state index contributed by atoms with van der Waals surface area (Å²) in [6.07, 6.45) is -1.79. The van der Waals surface area contributed by atoms with Gasteiger partial charge in [-0.1, -0.05) is 18.9 Å². The van der Waals surface area contributed by atoms with E-state index in [9.17, 15) is 37.6 Å². The van der Waals surface area contributed by atoms with E-state index >= 15 is 0 Å². The Bertz CT molecular complexity index is 1790. The molecule has 2 aliphatic heterocycles. The molecule has 0 bridgehead atoms.